The number of ether oxygens (including phenoxy) is 2. The van der Waals surface area contributed by atoms with Crippen LogP contribution in [0.4, 0.5) is 0 Å². The first-order valence-electron chi connectivity index (χ1n) is 4.74. The standard InChI is InChI=1S/C9H21NO2/c1-3-5-11-6-7-12-9(4-2)8-10/h9H,3-8,10H2,1-2H3. The first kappa shape index (κ1) is 11.9. The van der Waals surface area contributed by atoms with Gasteiger partial charge in [0.05, 0.1) is 19.3 Å². The Morgan fingerprint density at radius 3 is 2.42 bits per heavy atom. The van der Waals surface area contributed by atoms with E-state index in [1.165, 1.54) is 0 Å². The van der Waals surface area contributed by atoms with Gasteiger partial charge in [0.1, 0.15) is 0 Å². The van der Waals surface area contributed by atoms with Gasteiger partial charge in [0.15, 0.2) is 0 Å². The lowest BCUT2D eigenvalue weighted by Crippen LogP contribution is -2.24. The lowest BCUT2D eigenvalue weighted by atomic mass is 10.3. The first-order valence-corrected chi connectivity index (χ1v) is 4.74. The van der Waals surface area contributed by atoms with Crippen LogP contribution >= 0.6 is 0 Å². The second-order valence-corrected chi connectivity index (χ2v) is 2.75. The largest absolute Gasteiger partial charge is 0.379 e. The van der Waals surface area contributed by atoms with Crippen LogP contribution in [0.15, 0.2) is 0 Å². The highest BCUT2D eigenvalue weighted by atomic mass is 16.5. The Morgan fingerprint density at radius 2 is 1.92 bits per heavy atom. The molecule has 0 radical (unpaired) electrons. The Hall–Kier alpha value is -0.120. The summed E-state index contributed by atoms with van der Waals surface area (Å²) in [5.74, 6) is 0. The second kappa shape index (κ2) is 8.97. The summed E-state index contributed by atoms with van der Waals surface area (Å²) in [4.78, 5) is 0. The van der Waals surface area contributed by atoms with Crippen molar-refractivity contribution >= 4 is 0 Å². The second-order valence-electron chi connectivity index (χ2n) is 2.75. The summed E-state index contributed by atoms with van der Waals surface area (Å²) < 4.78 is 10.7. The molecule has 0 aromatic heterocycles. The van der Waals surface area contributed by atoms with Gasteiger partial charge >= 0.3 is 0 Å². The molecule has 0 amide bonds. The third kappa shape index (κ3) is 6.58. The molecule has 2 N–H and O–H groups in total. The van der Waals surface area contributed by atoms with Crippen LogP contribution in [0, 0.1) is 0 Å². The summed E-state index contributed by atoms with van der Waals surface area (Å²) in [6.45, 7) is 6.94. The summed E-state index contributed by atoms with van der Waals surface area (Å²) in [5.41, 5.74) is 5.46. The lowest BCUT2D eigenvalue weighted by molar-refractivity contribution is 0.00733. The van der Waals surface area contributed by atoms with Crippen molar-refractivity contribution in [1.82, 2.24) is 0 Å². The molecule has 0 aliphatic carbocycles. The Balaban J connectivity index is 3.06. The van der Waals surface area contributed by atoms with E-state index in [2.05, 4.69) is 13.8 Å². The van der Waals surface area contributed by atoms with E-state index in [9.17, 15) is 0 Å². The van der Waals surface area contributed by atoms with Crippen LogP contribution in [-0.4, -0.2) is 32.5 Å². The van der Waals surface area contributed by atoms with Gasteiger partial charge in [-0.25, -0.2) is 0 Å². The van der Waals surface area contributed by atoms with E-state index in [-0.39, 0.29) is 6.10 Å². The van der Waals surface area contributed by atoms with E-state index >= 15 is 0 Å². The van der Waals surface area contributed by atoms with Crippen molar-refractivity contribution in [3.05, 3.63) is 0 Å². The van der Waals surface area contributed by atoms with E-state index in [4.69, 9.17) is 15.2 Å². The third-order valence-electron chi connectivity index (χ3n) is 1.65. The van der Waals surface area contributed by atoms with Crippen molar-refractivity contribution in [3.8, 4) is 0 Å². The summed E-state index contributed by atoms with van der Waals surface area (Å²) >= 11 is 0. The molecule has 0 aliphatic heterocycles. The molecule has 0 saturated heterocycles. The molecule has 0 rings (SSSR count). The van der Waals surface area contributed by atoms with Crippen molar-refractivity contribution in [2.75, 3.05) is 26.4 Å². The molecule has 74 valence electrons. The van der Waals surface area contributed by atoms with Gasteiger partial charge in [-0.1, -0.05) is 13.8 Å². The van der Waals surface area contributed by atoms with Gasteiger partial charge in [0.2, 0.25) is 0 Å². The third-order valence-corrected chi connectivity index (χ3v) is 1.65. The van der Waals surface area contributed by atoms with Gasteiger partial charge in [0.25, 0.3) is 0 Å². The Bertz CT molecular complexity index is 84.6. The SMILES string of the molecule is CCCOCCOC(CC)CN. The molecule has 0 fully saturated rings. The minimum Gasteiger partial charge on any atom is -0.379 e. The maximum absolute atomic E-state index is 5.46. The number of nitrogens with two attached hydrogens (primary N) is 1. The van der Waals surface area contributed by atoms with Gasteiger partial charge in [-0.2, -0.15) is 0 Å². The Kier molecular flexibility index (Phi) is 8.88. The number of hydrogen-bond donors (Lipinski definition) is 1. The predicted octanol–water partition coefficient (Wildman–Crippen LogP) is 1.17. The van der Waals surface area contributed by atoms with Crippen molar-refractivity contribution in [2.24, 2.45) is 5.73 Å². The molecule has 0 aliphatic rings. The van der Waals surface area contributed by atoms with E-state index in [1.54, 1.807) is 0 Å². The van der Waals surface area contributed by atoms with Crippen LogP contribution in [0.2, 0.25) is 0 Å². The van der Waals surface area contributed by atoms with Crippen LogP contribution in [0.25, 0.3) is 0 Å². The fraction of sp³-hybridized carbons (Fsp3) is 1.00. The molecule has 0 saturated carbocycles. The molecule has 0 aromatic carbocycles. The highest BCUT2D eigenvalue weighted by Crippen LogP contribution is 1.94. The zero-order valence-electron chi connectivity index (χ0n) is 8.21. The molecule has 1 atom stereocenters. The maximum Gasteiger partial charge on any atom is 0.0704 e. The smallest absolute Gasteiger partial charge is 0.0704 e. The first-order chi connectivity index (χ1) is 5.85. The van der Waals surface area contributed by atoms with Crippen molar-refractivity contribution in [3.63, 3.8) is 0 Å². The Labute approximate surface area is 75.2 Å². The number of rotatable bonds is 8. The van der Waals surface area contributed by atoms with Crippen LogP contribution in [0.1, 0.15) is 26.7 Å². The minimum absolute atomic E-state index is 0.204. The summed E-state index contributed by atoms with van der Waals surface area (Å²) in [6.07, 6.45) is 2.24. The van der Waals surface area contributed by atoms with Crippen molar-refractivity contribution < 1.29 is 9.47 Å². The van der Waals surface area contributed by atoms with Crippen LogP contribution < -0.4 is 5.73 Å². The molecule has 0 aromatic rings. The molecule has 0 bridgehead atoms. The fourth-order valence-corrected chi connectivity index (χ4v) is 0.873. The maximum atomic E-state index is 5.46. The molecular formula is C9H21NO2. The van der Waals surface area contributed by atoms with Gasteiger partial charge in [-0.05, 0) is 12.8 Å². The monoisotopic (exact) mass is 175 g/mol. The molecule has 3 nitrogen and oxygen atoms in total. The average molecular weight is 175 g/mol. The summed E-state index contributed by atoms with van der Waals surface area (Å²) in [7, 11) is 0. The fourth-order valence-electron chi connectivity index (χ4n) is 0.873. The van der Waals surface area contributed by atoms with E-state index < -0.39 is 0 Å². The van der Waals surface area contributed by atoms with Crippen LogP contribution in [0.5, 0.6) is 0 Å². The molecule has 12 heavy (non-hydrogen) atoms. The van der Waals surface area contributed by atoms with Crippen molar-refractivity contribution in [2.45, 2.75) is 32.8 Å². The molecule has 1 unspecified atom stereocenters. The number of hydrogen-bond acceptors (Lipinski definition) is 3. The van der Waals surface area contributed by atoms with Crippen molar-refractivity contribution in [1.29, 1.82) is 0 Å². The van der Waals surface area contributed by atoms with Crippen LogP contribution in [-0.2, 0) is 9.47 Å². The molecule has 0 heterocycles. The van der Waals surface area contributed by atoms with Gasteiger partial charge in [-0.15, -0.1) is 0 Å². The molecule has 0 spiro atoms. The Morgan fingerprint density at radius 1 is 1.17 bits per heavy atom. The van der Waals surface area contributed by atoms with Gasteiger partial charge in [0, 0.05) is 13.2 Å². The predicted molar refractivity (Wildman–Crippen MR) is 50.2 cm³/mol. The molecular weight excluding hydrogens is 154 g/mol. The lowest BCUT2D eigenvalue weighted by Gasteiger charge is -2.13. The van der Waals surface area contributed by atoms with E-state index in [0.29, 0.717) is 19.8 Å². The zero-order chi connectivity index (χ0) is 9.23. The average Bonchev–Trinajstić information content (AvgIpc) is 2.11. The highest BCUT2D eigenvalue weighted by Gasteiger charge is 2.01. The topological polar surface area (TPSA) is 44.5 Å². The highest BCUT2D eigenvalue weighted by molar-refractivity contribution is 4.54. The van der Waals surface area contributed by atoms with Gasteiger partial charge < -0.3 is 15.2 Å². The quantitative estimate of drug-likeness (QED) is 0.563. The van der Waals surface area contributed by atoms with Crippen LogP contribution in [0.3, 0.4) is 0 Å². The summed E-state index contributed by atoms with van der Waals surface area (Å²) in [6, 6.07) is 0. The molecule has 3 heteroatoms. The minimum atomic E-state index is 0.204. The summed E-state index contributed by atoms with van der Waals surface area (Å²) in [5, 5.41) is 0. The van der Waals surface area contributed by atoms with E-state index in [1.807, 2.05) is 0 Å². The van der Waals surface area contributed by atoms with Gasteiger partial charge in [-0.3, -0.25) is 0 Å². The van der Waals surface area contributed by atoms with E-state index in [0.717, 1.165) is 19.4 Å². The normalized spacial score (nSPS) is 13.2. The zero-order valence-corrected chi connectivity index (χ0v) is 8.21.